The van der Waals surface area contributed by atoms with Crippen molar-refractivity contribution in [2.75, 3.05) is 19.0 Å². The van der Waals surface area contributed by atoms with Crippen LogP contribution in [-0.2, 0) is 16.1 Å². The molecule has 2 aromatic rings. The molecule has 1 aliphatic heterocycles. The SMILES string of the molecule is CCCCCCCN1C(=S)N(Cc2ccccc2)C(=O)C1CC(=O)Nc1ccc(OC)cc1. The molecule has 1 atom stereocenters. The molecular weight excluding hydrogens is 434 g/mol. The lowest BCUT2D eigenvalue weighted by Gasteiger charge is -2.24. The second kappa shape index (κ2) is 12.3. The van der Waals surface area contributed by atoms with Crippen LogP contribution >= 0.6 is 12.2 Å². The van der Waals surface area contributed by atoms with Gasteiger partial charge >= 0.3 is 0 Å². The first-order chi connectivity index (χ1) is 16.0. The molecule has 0 spiro atoms. The molecule has 1 heterocycles. The average Bonchev–Trinajstić information content (AvgIpc) is 3.04. The van der Waals surface area contributed by atoms with Crippen LogP contribution in [0.5, 0.6) is 5.75 Å². The predicted molar refractivity (Wildman–Crippen MR) is 135 cm³/mol. The van der Waals surface area contributed by atoms with E-state index in [1.165, 1.54) is 19.3 Å². The number of hydrogen-bond donors (Lipinski definition) is 1. The van der Waals surface area contributed by atoms with Crippen LogP contribution in [0.2, 0.25) is 0 Å². The number of hydrogen-bond acceptors (Lipinski definition) is 4. The smallest absolute Gasteiger partial charge is 0.252 e. The van der Waals surface area contributed by atoms with Crippen molar-refractivity contribution in [3.8, 4) is 5.75 Å². The minimum atomic E-state index is -0.578. The van der Waals surface area contributed by atoms with Gasteiger partial charge in [-0.25, -0.2) is 0 Å². The van der Waals surface area contributed by atoms with E-state index >= 15 is 0 Å². The topological polar surface area (TPSA) is 61.9 Å². The molecular formula is C26H33N3O3S. The molecule has 0 saturated carbocycles. The maximum Gasteiger partial charge on any atom is 0.252 e. The molecule has 1 fully saturated rings. The Morgan fingerprint density at radius 2 is 1.73 bits per heavy atom. The summed E-state index contributed by atoms with van der Waals surface area (Å²) in [7, 11) is 1.60. The van der Waals surface area contributed by atoms with Crippen LogP contribution in [-0.4, -0.2) is 46.4 Å². The molecule has 0 aromatic heterocycles. The number of amides is 2. The molecule has 1 N–H and O–H groups in total. The van der Waals surface area contributed by atoms with Crippen LogP contribution in [0, 0.1) is 0 Å². The van der Waals surface area contributed by atoms with E-state index in [4.69, 9.17) is 17.0 Å². The summed E-state index contributed by atoms with van der Waals surface area (Å²) in [6.45, 7) is 3.29. The van der Waals surface area contributed by atoms with E-state index in [1.807, 2.05) is 35.2 Å². The number of nitrogens with one attached hydrogen (secondary N) is 1. The number of benzene rings is 2. The second-order valence-electron chi connectivity index (χ2n) is 8.30. The van der Waals surface area contributed by atoms with E-state index in [1.54, 1.807) is 36.3 Å². The fourth-order valence-corrected chi connectivity index (χ4v) is 4.38. The van der Waals surface area contributed by atoms with Gasteiger partial charge in [0.15, 0.2) is 5.11 Å². The van der Waals surface area contributed by atoms with E-state index in [9.17, 15) is 9.59 Å². The van der Waals surface area contributed by atoms with Gasteiger partial charge in [-0.3, -0.25) is 14.5 Å². The van der Waals surface area contributed by atoms with Crippen molar-refractivity contribution >= 4 is 34.8 Å². The maximum atomic E-state index is 13.3. The molecule has 1 unspecified atom stereocenters. The van der Waals surface area contributed by atoms with Crippen LogP contribution in [0.3, 0.4) is 0 Å². The maximum absolute atomic E-state index is 13.3. The van der Waals surface area contributed by atoms with Gasteiger partial charge in [0.25, 0.3) is 5.91 Å². The van der Waals surface area contributed by atoms with Crippen molar-refractivity contribution in [3.63, 3.8) is 0 Å². The number of carbonyl (C=O) groups is 2. The van der Waals surface area contributed by atoms with Crippen LogP contribution in [0.4, 0.5) is 5.69 Å². The van der Waals surface area contributed by atoms with Gasteiger partial charge in [-0.1, -0.05) is 62.9 Å². The van der Waals surface area contributed by atoms with E-state index in [0.29, 0.717) is 23.9 Å². The van der Waals surface area contributed by atoms with E-state index in [-0.39, 0.29) is 18.2 Å². The molecule has 3 rings (SSSR count). The zero-order chi connectivity index (χ0) is 23.6. The number of ether oxygens (including phenoxy) is 1. The number of methoxy groups -OCH3 is 1. The summed E-state index contributed by atoms with van der Waals surface area (Å²) in [5.74, 6) is 0.399. The summed E-state index contributed by atoms with van der Waals surface area (Å²) in [6, 6.07) is 16.4. The van der Waals surface area contributed by atoms with Crippen molar-refractivity contribution < 1.29 is 14.3 Å². The van der Waals surface area contributed by atoms with Gasteiger partial charge in [0.05, 0.1) is 20.1 Å². The average molecular weight is 468 g/mol. The van der Waals surface area contributed by atoms with Crippen molar-refractivity contribution in [2.45, 2.75) is 58.0 Å². The Morgan fingerprint density at radius 1 is 1.03 bits per heavy atom. The Labute approximate surface area is 201 Å². The van der Waals surface area contributed by atoms with E-state index in [2.05, 4.69) is 12.2 Å². The molecule has 33 heavy (non-hydrogen) atoms. The number of rotatable bonds is 12. The van der Waals surface area contributed by atoms with Crippen LogP contribution < -0.4 is 10.1 Å². The Hall–Kier alpha value is -2.93. The minimum Gasteiger partial charge on any atom is -0.497 e. The standard InChI is InChI=1S/C26H33N3O3S/c1-3-4-5-6-10-17-28-23(18-24(30)27-21-13-15-22(32-2)16-14-21)25(31)29(26(28)33)19-20-11-8-7-9-12-20/h7-9,11-16,23H,3-6,10,17-19H2,1-2H3,(H,27,30). The fraction of sp³-hybridized carbons (Fsp3) is 0.423. The molecule has 0 aliphatic carbocycles. The molecule has 7 heteroatoms. The summed E-state index contributed by atoms with van der Waals surface area (Å²) in [5.41, 5.74) is 1.68. The second-order valence-corrected chi connectivity index (χ2v) is 8.66. The Bertz CT molecular complexity index is 934. The lowest BCUT2D eigenvalue weighted by Crippen LogP contribution is -2.38. The number of thiocarbonyl (C=S) groups is 1. The fourth-order valence-electron chi connectivity index (χ4n) is 4.00. The molecule has 176 valence electrons. The number of unbranched alkanes of at least 4 members (excludes halogenated alkanes) is 4. The van der Waals surface area contributed by atoms with Crippen molar-refractivity contribution in [2.24, 2.45) is 0 Å². The van der Waals surface area contributed by atoms with E-state index < -0.39 is 6.04 Å². The van der Waals surface area contributed by atoms with E-state index in [0.717, 1.165) is 24.2 Å². The van der Waals surface area contributed by atoms with Crippen molar-refractivity contribution in [1.29, 1.82) is 0 Å². The number of anilines is 1. The zero-order valence-electron chi connectivity index (χ0n) is 19.5. The first-order valence-electron chi connectivity index (χ1n) is 11.6. The Kier molecular flexibility index (Phi) is 9.24. The van der Waals surface area contributed by atoms with Crippen molar-refractivity contribution in [3.05, 3.63) is 60.2 Å². The molecule has 6 nitrogen and oxygen atoms in total. The first kappa shape index (κ1) is 24.7. The summed E-state index contributed by atoms with van der Waals surface area (Å²) in [5, 5.41) is 3.40. The third-order valence-corrected chi connectivity index (χ3v) is 6.30. The van der Waals surface area contributed by atoms with Gasteiger partial charge in [0.1, 0.15) is 11.8 Å². The Balaban J connectivity index is 1.68. The van der Waals surface area contributed by atoms with Gasteiger partial charge < -0.3 is 15.0 Å². The predicted octanol–water partition coefficient (Wildman–Crippen LogP) is 4.99. The molecule has 1 aliphatic rings. The third kappa shape index (κ3) is 6.78. The summed E-state index contributed by atoms with van der Waals surface area (Å²) < 4.78 is 5.16. The van der Waals surface area contributed by atoms with Crippen LogP contribution in [0.25, 0.3) is 0 Å². The highest BCUT2D eigenvalue weighted by molar-refractivity contribution is 7.80. The van der Waals surface area contributed by atoms with Gasteiger partial charge in [-0.2, -0.15) is 0 Å². The number of carbonyl (C=O) groups excluding carboxylic acids is 2. The lowest BCUT2D eigenvalue weighted by molar-refractivity contribution is -0.131. The van der Waals surface area contributed by atoms with Gasteiger partial charge in [-0.15, -0.1) is 0 Å². The largest absolute Gasteiger partial charge is 0.497 e. The lowest BCUT2D eigenvalue weighted by atomic mass is 10.1. The monoisotopic (exact) mass is 467 g/mol. The Morgan fingerprint density at radius 3 is 2.39 bits per heavy atom. The molecule has 2 amide bonds. The molecule has 0 bridgehead atoms. The minimum absolute atomic E-state index is 0.0608. The summed E-state index contributed by atoms with van der Waals surface area (Å²) in [4.78, 5) is 29.7. The third-order valence-electron chi connectivity index (χ3n) is 5.84. The highest BCUT2D eigenvalue weighted by Crippen LogP contribution is 2.25. The number of nitrogens with zero attached hydrogens (tertiary/aromatic N) is 2. The van der Waals surface area contributed by atoms with Crippen LogP contribution in [0.1, 0.15) is 51.0 Å². The molecule has 1 saturated heterocycles. The highest BCUT2D eigenvalue weighted by atomic mass is 32.1. The van der Waals surface area contributed by atoms with Crippen molar-refractivity contribution in [1.82, 2.24) is 9.80 Å². The first-order valence-corrected chi connectivity index (χ1v) is 12.0. The van der Waals surface area contributed by atoms with Crippen LogP contribution in [0.15, 0.2) is 54.6 Å². The van der Waals surface area contributed by atoms with Gasteiger partial charge in [0, 0.05) is 12.2 Å². The van der Waals surface area contributed by atoms with Gasteiger partial charge in [-0.05, 0) is 48.5 Å². The summed E-state index contributed by atoms with van der Waals surface area (Å²) >= 11 is 5.71. The summed E-state index contributed by atoms with van der Waals surface area (Å²) in [6.07, 6.45) is 5.65. The normalized spacial score (nSPS) is 15.8. The van der Waals surface area contributed by atoms with Gasteiger partial charge in [0.2, 0.25) is 5.91 Å². The quantitative estimate of drug-likeness (QED) is 0.352. The molecule has 0 radical (unpaired) electrons. The zero-order valence-corrected chi connectivity index (χ0v) is 20.3. The highest BCUT2D eigenvalue weighted by Gasteiger charge is 2.42. The molecule has 2 aromatic carbocycles.